The minimum absolute atomic E-state index is 0.00672. The first-order valence-corrected chi connectivity index (χ1v) is 9.16. The van der Waals surface area contributed by atoms with Crippen LogP contribution in [-0.4, -0.2) is 52.8 Å². The van der Waals surface area contributed by atoms with Crippen LogP contribution in [0, 0.1) is 13.8 Å². The van der Waals surface area contributed by atoms with Crippen LogP contribution in [0.25, 0.3) is 0 Å². The summed E-state index contributed by atoms with van der Waals surface area (Å²) in [4.78, 5) is 17.1. The third kappa shape index (κ3) is 3.80. The van der Waals surface area contributed by atoms with Crippen LogP contribution in [0.2, 0.25) is 5.02 Å². The van der Waals surface area contributed by atoms with Crippen LogP contribution in [0.3, 0.4) is 0 Å². The van der Waals surface area contributed by atoms with E-state index in [2.05, 4.69) is 15.1 Å². The average Bonchev–Trinajstić information content (AvgIpc) is 2.95. The summed E-state index contributed by atoms with van der Waals surface area (Å²) in [5.74, 6) is 0.628. The summed E-state index contributed by atoms with van der Waals surface area (Å²) in [6, 6.07) is 7.07. The van der Waals surface area contributed by atoms with Gasteiger partial charge in [-0.1, -0.05) is 11.6 Å². The summed E-state index contributed by atoms with van der Waals surface area (Å²) in [5.41, 5.74) is 2.27. The molecule has 1 N–H and O–H groups in total. The van der Waals surface area contributed by atoms with Crippen LogP contribution in [0.1, 0.15) is 25.2 Å². The highest BCUT2D eigenvalue weighted by atomic mass is 35.5. The Morgan fingerprint density at radius 1 is 1.15 bits per heavy atom. The lowest BCUT2D eigenvalue weighted by Gasteiger charge is -2.39. The van der Waals surface area contributed by atoms with Crippen molar-refractivity contribution < 1.29 is 9.53 Å². The monoisotopic (exact) mass is 376 g/mol. The molecule has 0 spiro atoms. The highest BCUT2D eigenvalue weighted by Gasteiger charge is 2.36. The number of nitrogens with zero attached hydrogens (tertiary/aromatic N) is 3. The number of piperazine rings is 1. The second kappa shape index (κ2) is 7.19. The van der Waals surface area contributed by atoms with Gasteiger partial charge in [-0.15, -0.1) is 0 Å². The predicted molar refractivity (Wildman–Crippen MR) is 103 cm³/mol. The highest BCUT2D eigenvalue weighted by Crippen LogP contribution is 2.26. The third-order valence-electron chi connectivity index (χ3n) is 4.67. The third-order valence-corrected chi connectivity index (χ3v) is 4.93. The van der Waals surface area contributed by atoms with E-state index in [1.807, 2.05) is 18.7 Å². The number of rotatable bonds is 4. The molecule has 0 bridgehead atoms. The molecule has 7 heteroatoms. The van der Waals surface area contributed by atoms with E-state index in [1.54, 1.807) is 38.1 Å². The van der Waals surface area contributed by atoms with Crippen molar-refractivity contribution in [2.75, 3.05) is 31.1 Å². The second-order valence-corrected chi connectivity index (χ2v) is 7.56. The maximum absolute atomic E-state index is 13.0. The highest BCUT2D eigenvalue weighted by molar-refractivity contribution is 6.30. The first-order valence-electron chi connectivity index (χ1n) is 8.78. The molecule has 140 valence electrons. The Hall–Kier alpha value is -2.21. The van der Waals surface area contributed by atoms with E-state index in [-0.39, 0.29) is 5.91 Å². The SMILES string of the molecule is Cc1n[nH]c(C)c1N1CCN(C(=O)C(C)(C)Oc2ccc(Cl)cc2)CC1. The van der Waals surface area contributed by atoms with E-state index >= 15 is 0 Å². The van der Waals surface area contributed by atoms with E-state index in [0.29, 0.717) is 23.9 Å². The zero-order valence-electron chi connectivity index (χ0n) is 15.7. The van der Waals surface area contributed by atoms with Crippen molar-refractivity contribution in [2.45, 2.75) is 33.3 Å². The summed E-state index contributed by atoms with van der Waals surface area (Å²) < 4.78 is 5.93. The van der Waals surface area contributed by atoms with E-state index in [4.69, 9.17) is 16.3 Å². The average molecular weight is 377 g/mol. The van der Waals surface area contributed by atoms with Gasteiger partial charge in [-0.3, -0.25) is 9.89 Å². The molecule has 0 atom stereocenters. The van der Waals surface area contributed by atoms with Gasteiger partial charge in [-0.05, 0) is 52.0 Å². The standard InChI is InChI=1S/C19H25ClN4O2/c1-13-17(14(2)22-21-13)23-9-11-24(12-10-23)18(25)19(3,4)26-16-7-5-15(20)6-8-16/h5-8H,9-12H2,1-4H3,(H,21,22). The van der Waals surface area contributed by atoms with Gasteiger partial charge < -0.3 is 14.5 Å². The fraction of sp³-hybridized carbons (Fsp3) is 0.474. The minimum Gasteiger partial charge on any atom is -0.478 e. The molecule has 1 amide bonds. The molecule has 3 rings (SSSR count). The molecule has 0 aliphatic carbocycles. The smallest absolute Gasteiger partial charge is 0.266 e. The van der Waals surface area contributed by atoms with E-state index < -0.39 is 5.60 Å². The summed E-state index contributed by atoms with van der Waals surface area (Å²) in [6.07, 6.45) is 0. The van der Waals surface area contributed by atoms with Crippen LogP contribution in [-0.2, 0) is 4.79 Å². The molecule has 0 unspecified atom stereocenters. The number of hydrogen-bond acceptors (Lipinski definition) is 4. The number of H-pyrrole nitrogens is 1. The van der Waals surface area contributed by atoms with Crippen molar-refractivity contribution in [2.24, 2.45) is 0 Å². The quantitative estimate of drug-likeness (QED) is 0.890. The number of halogens is 1. The number of aromatic amines is 1. The van der Waals surface area contributed by atoms with Crippen LogP contribution in [0.15, 0.2) is 24.3 Å². The van der Waals surface area contributed by atoms with Crippen LogP contribution in [0.5, 0.6) is 5.75 Å². The normalized spacial score (nSPS) is 15.3. The Labute approximate surface area is 159 Å². The predicted octanol–water partition coefficient (Wildman–Crippen LogP) is 3.19. The topological polar surface area (TPSA) is 61.5 Å². The Balaban J connectivity index is 1.63. The lowest BCUT2D eigenvalue weighted by atomic mass is 10.1. The van der Waals surface area contributed by atoms with E-state index in [0.717, 1.165) is 30.2 Å². The lowest BCUT2D eigenvalue weighted by molar-refractivity contribution is -0.145. The zero-order valence-corrected chi connectivity index (χ0v) is 16.4. The maximum atomic E-state index is 13.0. The molecule has 1 fully saturated rings. The largest absolute Gasteiger partial charge is 0.478 e. The molecule has 1 aromatic carbocycles. The molecule has 2 aromatic rings. The van der Waals surface area contributed by atoms with Crippen LogP contribution >= 0.6 is 11.6 Å². The van der Waals surface area contributed by atoms with Crippen molar-refractivity contribution in [1.82, 2.24) is 15.1 Å². The van der Waals surface area contributed by atoms with Crippen molar-refractivity contribution in [1.29, 1.82) is 0 Å². The zero-order chi connectivity index (χ0) is 18.9. The van der Waals surface area contributed by atoms with Crippen molar-refractivity contribution >= 4 is 23.2 Å². The summed E-state index contributed by atoms with van der Waals surface area (Å²) in [7, 11) is 0. The molecule has 0 radical (unpaired) electrons. The number of nitrogens with one attached hydrogen (secondary N) is 1. The first kappa shape index (κ1) is 18.6. The van der Waals surface area contributed by atoms with Crippen molar-refractivity contribution in [3.63, 3.8) is 0 Å². The van der Waals surface area contributed by atoms with E-state index in [9.17, 15) is 4.79 Å². The number of anilines is 1. The maximum Gasteiger partial charge on any atom is 0.266 e. The number of amides is 1. The second-order valence-electron chi connectivity index (χ2n) is 7.13. The van der Waals surface area contributed by atoms with Gasteiger partial charge in [-0.25, -0.2) is 0 Å². The molecule has 2 heterocycles. The van der Waals surface area contributed by atoms with Gasteiger partial charge in [0.25, 0.3) is 5.91 Å². The van der Waals surface area contributed by atoms with Gasteiger partial charge in [-0.2, -0.15) is 5.10 Å². The fourth-order valence-electron chi connectivity index (χ4n) is 3.37. The van der Waals surface area contributed by atoms with Crippen LogP contribution in [0.4, 0.5) is 5.69 Å². The van der Waals surface area contributed by atoms with Gasteiger partial charge in [0, 0.05) is 31.2 Å². The summed E-state index contributed by atoms with van der Waals surface area (Å²) >= 11 is 5.90. The Kier molecular flexibility index (Phi) is 5.14. The molecule has 1 aliphatic rings. The number of benzene rings is 1. The first-order chi connectivity index (χ1) is 12.3. The summed E-state index contributed by atoms with van der Waals surface area (Å²) in [6.45, 7) is 10.5. The molecule has 1 aliphatic heterocycles. The van der Waals surface area contributed by atoms with Gasteiger partial charge in [0.2, 0.25) is 0 Å². The lowest BCUT2D eigenvalue weighted by Crippen LogP contribution is -2.56. The number of carbonyl (C=O) groups excluding carboxylic acids is 1. The number of hydrogen-bond donors (Lipinski definition) is 1. The van der Waals surface area contributed by atoms with Gasteiger partial charge in [0.15, 0.2) is 5.60 Å². The molecule has 1 aromatic heterocycles. The molecule has 0 saturated carbocycles. The molecule has 26 heavy (non-hydrogen) atoms. The molecular formula is C19H25ClN4O2. The number of carbonyl (C=O) groups is 1. The Morgan fingerprint density at radius 2 is 1.77 bits per heavy atom. The van der Waals surface area contributed by atoms with Crippen molar-refractivity contribution in [3.05, 3.63) is 40.7 Å². The Bertz CT molecular complexity index is 758. The number of aromatic nitrogens is 2. The van der Waals surface area contributed by atoms with Crippen LogP contribution < -0.4 is 9.64 Å². The van der Waals surface area contributed by atoms with Gasteiger partial charge in [0.1, 0.15) is 5.75 Å². The fourth-order valence-corrected chi connectivity index (χ4v) is 3.49. The van der Waals surface area contributed by atoms with E-state index in [1.165, 1.54) is 0 Å². The van der Waals surface area contributed by atoms with Gasteiger partial charge >= 0.3 is 0 Å². The Morgan fingerprint density at radius 3 is 2.31 bits per heavy atom. The van der Waals surface area contributed by atoms with Crippen molar-refractivity contribution in [3.8, 4) is 5.75 Å². The number of ether oxygens (including phenoxy) is 1. The molecule has 1 saturated heterocycles. The number of aryl methyl sites for hydroxylation is 2. The molecular weight excluding hydrogens is 352 g/mol. The summed E-state index contributed by atoms with van der Waals surface area (Å²) in [5, 5.41) is 7.92. The minimum atomic E-state index is -0.933. The molecule has 6 nitrogen and oxygen atoms in total. The van der Waals surface area contributed by atoms with Gasteiger partial charge in [0.05, 0.1) is 17.1 Å².